The Bertz CT molecular complexity index is 821. The number of carbonyl (C=O) groups is 2. The van der Waals surface area contributed by atoms with E-state index in [2.05, 4.69) is 15.5 Å². The highest BCUT2D eigenvalue weighted by molar-refractivity contribution is 5.98. The van der Waals surface area contributed by atoms with Crippen LogP contribution in [-0.4, -0.2) is 36.3 Å². The lowest BCUT2D eigenvalue weighted by atomic mass is 9.92. The largest absolute Gasteiger partial charge is 0.325 e. The zero-order chi connectivity index (χ0) is 20.7. The molecule has 0 radical (unpaired) electrons. The minimum Gasteiger partial charge on any atom is -0.325 e. The highest BCUT2D eigenvalue weighted by Gasteiger charge is 2.30. The third-order valence-corrected chi connectivity index (χ3v) is 5.34. The van der Waals surface area contributed by atoms with Crippen molar-refractivity contribution < 1.29 is 9.59 Å². The summed E-state index contributed by atoms with van der Waals surface area (Å²) in [5, 5.41) is 5.78. The van der Waals surface area contributed by atoms with Crippen LogP contribution in [0.15, 0.2) is 54.6 Å². The summed E-state index contributed by atoms with van der Waals surface area (Å²) in [6, 6.07) is 16.4. The number of hydrogen-bond donors (Lipinski definition) is 3. The Morgan fingerprint density at radius 2 is 1.39 bits per heavy atom. The van der Waals surface area contributed by atoms with Crippen LogP contribution in [-0.2, 0) is 15.1 Å². The van der Waals surface area contributed by atoms with Crippen molar-refractivity contribution in [3.05, 3.63) is 60.2 Å². The van der Waals surface area contributed by atoms with Crippen LogP contribution in [0.4, 0.5) is 11.4 Å². The molecule has 1 unspecified atom stereocenters. The molecule has 2 aromatic rings. The molecule has 2 amide bonds. The first-order valence-corrected chi connectivity index (χ1v) is 10.2. The zero-order valence-corrected chi connectivity index (χ0v) is 19.4. The van der Waals surface area contributed by atoms with Crippen LogP contribution in [0.2, 0.25) is 0 Å². The first-order valence-electron chi connectivity index (χ1n) is 10.2. The standard InChI is InChI=1S/C23H30N4O2.2ClH/c1-23(24,18-9-5-4-6-10-18)22(29)26-20-13-11-19(12-14-20)25-21(28)17-27-15-7-2-3-8-16-27;;/h4-6,9-14H,2-3,7-8,15-17,24H2,1H3,(H,25,28)(H,26,29);2*1H. The van der Waals surface area contributed by atoms with Gasteiger partial charge in [0.2, 0.25) is 11.8 Å². The summed E-state index contributed by atoms with van der Waals surface area (Å²) in [6.45, 7) is 4.07. The zero-order valence-electron chi connectivity index (χ0n) is 17.8. The van der Waals surface area contributed by atoms with Crippen molar-refractivity contribution in [1.29, 1.82) is 0 Å². The monoisotopic (exact) mass is 466 g/mol. The molecule has 1 aliphatic rings. The highest BCUT2D eigenvalue weighted by atomic mass is 35.5. The number of nitrogens with one attached hydrogen (secondary N) is 2. The van der Waals surface area contributed by atoms with E-state index in [0.29, 0.717) is 17.9 Å². The van der Waals surface area contributed by atoms with Gasteiger partial charge in [-0.25, -0.2) is 0 Å². The number of anilines is 2. The van der Waals surface area contributed by atoms with Crippen LogP contribution in [0.25, 0.3) is 0 Å². The summed E-state index contributed by atoms with van der Waals surface area (Å²) in [7, 11) is 0. The molecular weight excluding hydrogens is 435 g/mol. The van der Waals surface area contributed by atoms with E-state index in [4.69, 9.17) is 5.73 Å². The molecule has 4 N–H and O–H groups in total. The minimum atomic E-state index is -1.14. The molecule has 1 saturated heterocycles. The number of hydrogen-bond acceptors (Lipinski definition) is 4. The van der Waals surface area contributed by atoms with Gasteiger partial charge in [-0.15, -0.1) is 24.8 Å². The van der Waals surface area contributed by atoms with Gasteiger partial charge in [0.15, 0.2) is 0 Å². The van der Waals surface area contributed by atoms with Gasteiger partial charge in [0.1, 0.15) is 5.54 Å². The van der Waals surface area contributed by atoms with Crippen molar-refractivity contribution >= 4 is 48.0 Å². The summed E-state index contributed by atoms with van der Waals surface area (Å²) < 4.78 is 0. The summed E-state index contributed by atoms with van der Waals surface area (Å²) >= 11 is 0. The second-order valence-electron chi connectivity index (χ2n) is 7.84. The molecule has 0 saturated carbocycles. The van der Waals surface area contributed by atoms with E-state index in [1.165, 1.54) is 12.8 Å². The van der Waals surface area contributed by atoms with Crippen molar-refractivity contribution in [2.24, 2.45) is 5.73 Å². The molecule has 8 heteroatoms. The summed E-state index contributed by atoms with van der Waals surface area (Å²) in [5.41, 5.74) is 7.20. The second-order valence-corrected chi connectivity index (χ2v) is 7.84. The smallest absolute Gasteiger partial charge is 0.248 e. The fourth-order valence-corrected chi connectivity index (χ4v) is 3.51. The van der Waals surface area contributed by atoms with Crippen LogP contribution >= 0.6 is 24.8 Å². The van der Waals surface area contributed by atoms with E-state index in [0.717, 1.165) is 31.5 Å². The van der Waals surface area contributed by atoms with Crippen LogP contribution in [0.5, 0.6) is 0 Å². The fourth-order valence-electron chi connectivity index (χ4n) is 3.51. The van der Waals surface area contributed by atoms with Crippen LogP contribution in [0, 0.1) is 0 Å². The average Bonchev–Trinajstić information content (AvgIpc) is 2.98. The molecule has 170 valence electrons. The number of likely N-dealkylation sites (tertiary alicyclic amines) is 1. The third-order valence-electron chi connectivity index (χ3n) is 5.34. The molecule has 0 aromatic heterocycles. The maximum Gasteiger partial charge on any atom is 0.248 e. The maximum absolute atomic E-state index is 12.6. The van der Waals surface area contributed by atoms with Gasteiger partial charge in [0.25, 0.3) is 0 Å². The lowest BCUT2D eigenvalue weighted by molar-refractivity contribution is -0.121. The van der Waals surface area contributed by atoms with E-state index < -0.39 is 5.54 Å². The molecular formula is C23H32Cl2N4O2. The number of benzene rings is 2. The van der Waals surface area contributed by atoms with Crippen LogP contribution in [0.3, 0.4) is 0 Å². The minimum absolute atomic E-state index is 0. The van der Waals surface area contributed by atoms with Gasteiger partial charge < -0.3 is 16.4 Å². The van der Waals surface area contributed by atoms with Crippen molar-refractivity contribution in [3.63, 3.8) is 0 Å². The summed E-state index contributed by atoms with van der Waals surface area (Å²) in [5.74, 6) is -0.302. The summed E-state index contributed by atoms with van der Waals surface area (Å²) in [4.78, 5) is 27.2. The van der Waals surface area contributed by atoms with Gasteiger partial charge in [0, 0.05) is 11.4 Å². The van der Waals surface area contributed by atoms with Crippen LogP contribution < -0.4 is 16.4 Å². The molecule has 31 heavy (non-hydrogen) atoms. The average molecular weight is 467 g/mol. The van der Waals surface area contributed by atoms with Gasteiger partial charge in [-0.1, -0.05) is 43.2 Å². The van der Waals surface area contributed by atoms with Gasteiger partial charge >= 0.3 is 0 Å². The Morgan fingerprint density at radius 3 is 1.94 bits per heavy atom. The number of carbonyl (C=O) groups excluding carboxylic acids is 2. The molecule has 0 spiro atoms. The number of nitrogens with zero attached hydrogens (tertiary/aromatic N) is 1. The Morgan fingerprint density at radius 1 is 0.871 bits per heavy atom. The summed E-state index contributed by atoms with van der Waals surface area (Å²) in [6.07, 6.45) is 4.81. The van der Waals surface area contributed by atoms with Crippen LogP contribution in [0.1, 0.15) is 38.2 Å². The number of rotatable bonds is 6. The van der Waals surface area contributed by atoms with E-state index in [9.17, 15) is 9.59 Å². The van der Waals surface area contributed by atoms with E-state index in [-0.39, 0.29) is 36.6 Å². The van der Waals surface area contributed by atoms with Gasteiger partial charge in [-0.05, 0) is 62.7 Å². The number of amides is 2. The molecule has 1 fully saturated rings. The van der Waals surface area contributed by atoms with E-state index in [1.807, 2.05) is 30.3 Å². The van der Waals surface area contributed by atoms with Crippen molar-refractivity contribution in [1.82, 2.24) is 4.90 Å². The van der Waals surface area contributed by atoms with Gasteiger partial charge in [0.05, 0.1) is 6.54 Å². The van der Waals surface area contributed by atoms with Crippen molar-refractivity contribution in [2.75, 3.05) is 30.3 Å². The Kier molecular flexibility index (Phi) is 11.0. The Hall–Kier alpha value is -2.12. The number of nitrogens with two attached hydrogens (primary N) is 1. The van der Waals surface area contributed by atoms with Crippen molar-refractivity contribution in [2.45, 2.75) is 38.1 Å². The third kappa shape index (κ3) is 7.82. The normalized spacial score (nSPS) is 15.9. The van der Waals surface area contributed by atoms with E-state index >= 15 is 0 Å². The molecule has 0 bridgehead atoms. The Balaban J connectivity index is 0.00000240. The maximum atomic E-state index is 12.6. The fraction of sp³-hybridized carbons (Fsp3) is 0.391. The SMILES string of the molecule is CC(N)(C(=O)Nc1ccc(NC(=O)CN2CCCCCC2)cc1)c1ccccc1.Cl.Cl. The quantitative estimate of drug-likeness (QED) is 0.596. The Labute approximate surface area is 196 Å². The molecule has 0 aliphatic carbocycles. The molecule has 2 aromatic carbocycles. The first kappa shape index (κ1) is 26.9. The van der Waals surface area contributed by atoms with Crippen molar-refractivity contribution in [3.8, 4) is 0 Å². The molecule has 1 aliphatic heterocycles. The van der Waals surface area contributed by atoms with Gasteiger partial charge in [-0.2, -0.15) is 0 Å². The molecule has 1 atom stereocenters. The molecule has 1 heterocycles. The van der Waals surface area contributed by atoms with E-state index in [1.54, 1.807) is 31.2 Å². The molecule has 6 nitrogen and oxygen atoms in total. The van der Waals surface area contributed by atoms with Gasteiger partial charge in [-0.3, -0.25) is 14.5 Å². The molecule has 3 rings (SSSR count). The predicted molar refractivity (Wildman–Crippen MR) is 131 cm³/mol. The lowest BCUT2D eigenvalue weighted by Gasteiger charge is -2.24. The highest BCUT2D eigenvalue weighted by Crippen LogP contribution is 2.21. The topological polar surface area (TPSA) is 87.5 Å². The first-order chi connectivity index (χ1) is 13.9. The second kappa shape index (κ2) is 12.7. The lowest BCUT2D eigenvalue weighted by Crippen LogP contribution is -2.45. The number of halogens is 2. The predicted octanol–water partition coefficient (Wildman–Crippen LogP) is 4.16.